The number of methoxy groups -OCH3 is 1. The molecule has 2 N–H and O–H groups in total. The summed E-state index contributed by atoms with van der Waals surface area (Å²) in [5, 5.41) is 0.610. The Morgan fingerprint density at radius 1 is 1.24 bits per heavy atom. The summed E-state index contributed by atoms with van der Waals surface area (Å²) in [4.78, 5) is 11.7. The van der Waals surface area contributed by atoms with Gasteiger partial charge < -0.3 is 19.9 Å². The van der Waals surface area contributed by atoms with Crippen molar-refractivity contribution in [2.45, 2.75) is 26.0 Å². The van der Waals surface area contributed by atoms with E-state index in [1.54, 1.807) is 26.2 Å². The maximum Gasteiger partial charge on any atom is 0.323 e. The van der Waals surface area contributed by atoms with Gasteiger partial charge in [-0.3, -0.25) is 4.79 Å². The largest absolute Gasteiger partial charge is 0.496 e. The van der Waals surface area contributed by atoms with E-state index >= 15 is 0 Å². The molecular formula is C19H22ClNO4. The summed E-state index contributed by atoms with van der Waals surface area (Å²) in [6.45, 7) is 2.38. The smallest absolute Gasteiger partial charge is 0.323 e. The monoisotopic (exact) mass is 363 g/mol. The molecule has 0 aliphatic carbocycles. The van der Waals surface area contributed by atoms with Gasteiger partial charge in [-0.2, -0.15) is 0 Å². The first kappa shape index (κ1) is 19.1. The van der Waals surface area contributed by atoms with Crippen LogP contribution in [0, 0.1) is 0 Å². The van der Waals surface area contributed by atoms with Crippen LogP contribution in [-0.2, 0) is 22.6 Å². The number of carbonyl (C=O) groups excluding carboxylic acids is 1. The van der Waals surface area contributed by atoms with Gasteiger partial charge in [0.25, 0.3) is 0 Å². The summed E-state index contributed by atoms with van der Waals surface area (Å²) in [5.74, 6) is 0.966. The van der Waals surface area contributed by atoms with Crippen LogP contribution in [0.1, 0.15) is 18.1 Å². The topological polar surface area (TPSA) is 70.8 Å². The summed E-state index contributed by atoms with van der Waals surface area (Å²) in [7, 11) is 1.60. The lowest BCUT2D eigenvalue weighted by Crippen LogP contribution is -2.34. The molecule has 5 nitrogen and oxygen atoms in total. The van der Waals surface area contributed by atoms with Crippen LogP contribution in [0.5, 0.6) is 11.5 Å². The number of carbonyl (C=O) groups is 1. The molecular weight excluding hydrogens is 342 g/mol. The van der Waals surface area contributed by atoms with Crippen LogP contribution in [0.2, 0.25) is 5.02 Å². The first-order valence-electron chi connectivity index (χ1n) is 7.99. The number of esters is 1. The molecule has 2 aromatic rings. The Balaban J connectivity index is 2.09. The van der Waals surface area contributed by atoms with Gasteiger partial charge in [0.2, 0.25) is 0 Å². The minimum absolute atomic E-state index is 0.312. The SMILES string of the molecule is CCOC(=O)C(N)Cc1ccc(OC)c(COc2cccc(Cl)c2)c1. The van der Waals surface area contributed by atoms with E-state index in [0.29, 0.717) is 36.2 Å². The minimum atomic E-state index is -0.699. The Morgan fingerprint density at radius 3 is 2.72 bits per heavy atom. The lowest BCUT2D eigenvalue weighted by Gasteiger charge is -2.14. The maximum atomic E-state index is 11.7. The van der Waals surface area contributed by atoms with Gasteiger partial charge in [-0.15, -0.1) is 0 Å². The second kappa shape index (κ2) is 9.30. The quantitative estimate of drug-likeness (QED) is 0.728. The van der Waals surface area contributed by atoms with Crippen LogP contribution in [-0.4, -0.2) is 25.7 Å². The van der Waals surface area contributed by atoms with Crippen LogP contribution in [0.15, 0.2) is 42.5 Å². The van der Waals surface area contributed by atoms with Gasteiger partial charge in [0, 0.05) is 10.6 Å². The van der Waals surface area contributed by atoms with Crippen molar-refractivity contribution in [1.82, 2.24) is 0 Å². The van der Waals surface area contributed by atoms with Gasteiger partial charge in [-0.25, -0.2) is 0 Å². The molecule has 0 bridgehead atoms. The highest BCUT2D eigenvalue weighted by Crippen LogP contribution is 2.24. The highest BCUT2D eigenvalue weighted by atomic mass is 35.5. The molecule has 0 spiro atoms. The van der Waals surface area contributed by atoms with Crippen molar-refractivity contribution in [2.75, 3.05) is 13.7 Å². The average Bonchev–Trinajstić information content (AvgIpc) is 2.60. The van der Waals surface area contributed by atoms with Gasteiger partial charge in [0.05, 0.1) is 13.7 Å². The first-order chi connectivity index (χ1) is 12.0. The Hall–Kier alpha value is -2.24. The molecule has 0 aliphatic rings. The summed E-state index contributed by atoms with van der Waals surface area (Å²) in [6.07, 6.45) is 0.382. The molecule has 134 valence electrons. The van der Waals surface area contributed by atoms with E-state index in [2.05, 4.69) is 0 Å². The number of hydrogen-bond donors (Lipinski definition) is 1. The van der Waals surface area contributed by atoms with Gasteiger partial charge in [-0.05, 0) is 49.2 Å². The van der Waals surface area contributed by atoms with Gasteiger partial charge >= 0.3 is 5.97 Å². The molecule has 1 unspecified atom stereocenters. The normalized spacial score (nSPS) is 11.7. The number of rotatable bonds is 8. The second-order valence-corrected chi connectivity index (χ2v) is 5.89. The highest BCUT2D eigenvalue weighted by Gasteiger charge is 2.16. The number of hydrogen-bond acceptors (Lipinski definition) is 5. The third-order valence-electron chi connectivity index (χ3n) is 3.58. The molecule has 0 heterocycles. The number of ether oxygens (including phenoxy) is 3. The van der Waals surface area contributed by atoms with Crippen molar-refractivity contribution in [2.24, 2.45) is 5.73 Å². The summed E-state index contributed by atoms with van der Waals surface area (Å²) >= 11 is 5.96. The lowest BCUT2D eigenvalue weighted by molar-refractivity contribution is -0.144. The zero-order chi connectivity index (χ0) is 18.2. The first-order valence-corrected chi connectivity index (χ1v) is 8.37. The zero-order valence-electron chi connectivity index (χ0n) is 14.3. The third-order valence-corrected chi connectivity index (χ3v) is 3.82. The standard InChI is InChI=1S/C19H22ClNO4/c1-3-24-19(22)17(21)10-13-7-8-18(23-2)14(9-13)12-25-16-6-4-5-15(20)11-16/h4-9,11,17H,3,10,12,21H2,1-2H3. The highest BCUT2D eigenvalue weighted by molar-refractivity contribution is 6.30. The molecule has 2 rings (SSSR count). The Morgan fingerprint density at radius 2 is 2.04 bits per heavy atom. The molecule has 0 fully saturated rings. The minimum Gasteiger partial charge on any atom is -0.496 e. The summed E-state index contributed by atoms with van der Waals surface area (Å²) < 4.78 is 16.1. The van der Waals surface area contributed by atoms with E-state index in [0.717, 1.165) is 11.1 Å². The zero-order valence-corrected chi connectivity index (χ0v) is 15.1. The van der Waals surface area contributed by atoms with Crippen LogP contribution in [0.3, 0.4) is 0 Å². The van der Waals surface area contributed by atoms with Gasteiger partial charge in [-0.1, -0.05) is 23.7 Å². The number of benzene rings is 2. The predicted octanol–water partition coefficient (Wildman–Crippen LogP) is 3.36. The number of nitrogens with two attached hydrogens (primary N) is 1. The fraction of sp³-hybridized carbons (Fsp3) is 0.316. The van der Waals surface area contributed by atoms with E-state index in [4.69, 9.17) is 31.5 Å². The van der Waals surface area contributed by atoms with E-state index in [9.17, 15) is 4.79 Å². The van der Waals surface area contributed by atoms with Crippen molar-refractivity contribution in [3.63, 3.8) is 0 Å². The van der Waals surface area contributed by atoms with Crippen LogP contribution in [0.25, 0.3) is 0 Å². The molecule has 2 aromatic carbocycles. The Kier molecular flexibility index (Phi) is 7.10. The molecule has 0 aliphatic heterocycles. The molecule has 0 aromatic heterocycles. The molecule has 0 amide bonds. The van der Waals surface area contributed by atoms with Crippen LogP contribution >= 0.6 is 11.6 Å². The van der Waals surface area contributed by atoms with Gasteiger partial charge in [0.15, 0.2) is 0 Å². The maximum absolute atomic E-state index is 11.7. The van der Waals surface area contributed by atoms with E-state index in [1.165, 1.54) is 0 Å². The van der Waals surface area contributed by atoms with Gasteiger partial charge in [0.1, 0.15) is 24.1 Å². The third kappa shape index (κ3) is 5.66. The van der Waals surface area contributed by atoms with Crippen LogP contribution in [0.4, 0.5) is 0 Å². The van der Waals surface area contributed by atoms with Crippen molar-refractivity contribution in [1.29, 1.82) is 0 Å². The molecule has 25 heavy (non-hydrogen) atoms. The van der Waals surface area contributed by atoms with Crippen molar-refractivity contribution in [3.8, 4) is 11.5 Å². The van der Waals surface area contributed by atoms with E-state index in [-0.39, 0.29) is 0 Å². The molecule has 0 saturated heterocycles. The average molecular weight is 364 g/mol. The van der Waals surface area contributed by atoms with Crippen molar-refractivity contribution in [3.05, 3.63) is 58.6 Å². The summed E-state index contributed by atoms with van der Waals surface area (Å²) in [6, 6.07) is 12.1. The summed E-state index contributed by atoms with van der Waals surface area (Å²) in [5.41, 5.74) is 7.65. The Labute approximate surface area is 152 Å². The van der Waals surface area contributed by atoms with E-state index < -0.39 is 12.0 Å². The van der Waals surface area contributed by atoms with Crippen LogP contribution < -0.4 is 15.2 Å². The number of halogens is 1. The molecule has 0 radical (unpaired) electrons. The van der Waals surface area contributed by atoms with Crippen molar-refractivity contribution >= 4 is 17.6 Å². The lowest BCUT2D eigenvalue weighted by atomic mass is 10.0. The molecule has 0 saturated carbocycles. The predicted molar refractivity (Wildman–Crippen MR) is 97.1 cm³/mol. The fourth-order valence-electron chi connectivity index (χ4n) is 2.38. The second-order valence-electron chi connectivity index (χ2n) is 5.45. The Bertz CT molecular complexity index is 720. The van der Waals surface area contributed by atoms with E-state index in [1.807, 2.05) is 30.3 Å². The molecule has 1 atom stereocenters. The fourth-order valence-corrected chi connectivity index (χ4v) is 2.56. The van der Waals surface area contributed by atoms with Crippen molar-refractivity contribution < 1.29 is 19.0 Å². The molecule has 6 heteroatoms.